The molecule has 0 amide bonds. The number of hydrogen-bond donors (Lipinski definition) is 0. The number of hydrogen-bond acceptors (Lipinski definition) is 4. The van der Waals surface area contributed by atoms with Crippen LogP contribution in [0.1, 0.15) is 19.8 Å². The van der Waals surface area contributed by atoms with Gasteiger partial charge in [0.25, 0.3) is 0 Å². The van der Waals surface area contributed by atoms with Crippen LogP contribution < -0.4 is 8.92 Å². The molecule has 3 aromatic rings. The molecule has 0 atom stereocenters. The van der Waals surface area contributed by atoms with Gasteiger partial charge in [0.15, 0.2) is 0 Å². The van der Waals surface area contributed by atoms with Crippen LogP contribution in [0.15, 0.2) is 65.6 Å². The summed E-state index contributed by atoms with van der Waals surface area (Å²) in [4.78, 5) is 0.00144. The monoisotopic (exact) mass is 390 g/mol. The van der Waals surface area contributed by atoms with Crippen molar-refractivity contribution in [2.75, 3.05) is 6.61 Å². The Hall–Kier alpha value is -2.24. The topological polar surface area (TPSA) is 52.6 Å². The first-order valence-electron chi connectivity index (χ1n) is 8.35. The standard InChI is InChI=1S/C20H19ClO4S/c1-2-3-12-24-20-14-18(10-11-19(20)21)26(22,23)25-17-9-8-15-6-4-5-7-16(15)13-17/h4-11,13-14H,2-3,12H2,1H3. The third-order valence-electron chi connectivity index (χ3n) is 3.87. The second-order valence-electron chi connectivity index (χ2n) is 5.84. The zero-order valence-electron chi connectivity index (χ0n) is 14.3. The van der Waals surface area contributed by atoms with Crippen LogP contribution in [0.25, 0.3) is 10.8 Å². The fraction of sp³-hybridized carbons (Fsp3) is 0.200. The van der Waals surface area contributed by atoms with Gasteiger partial charge in [-0.25, -0.2) is 0 Å². The van der Waals surface area contributed by atoms with Crippen LogP contribution in [-0.2, 0) is 10.1 Å². The highest BCUT2D eigenvalue weighted by Gasteiger charge is 2.19. The van der Waals surface area contributed by atoms with Crippen molar-refractivity contribution in [3.63, 3.8) is 0 Å². The number of rotatable bonds is 7. The maximum atomic E-state index is 12.6. The lowest BCUT2D eigenvalue weighted by Crippen LogP contribution is -2.10. The van der Waals surface area contributed by atoms with Gasteiger partial charge in [-0.15, -0.1) is 0 Å². The molecule has 0 N–H and O–H groups in total. The fourth-order valence-electron chi connectivity index (χ4n) is 2.47. The summed E-state index contributed by atoms with van der Waals surface area (Å²) in [5, 5.41) is 2.28. The van der Waals surface area contributed by atoms with E-state index in [-0.39, 0.29) is 10.6 Å². The largest absolute Gasteiger partial charge is 0.492 e. The van der Waals surface area contributed by atoms with E-state index in [0.717, 1.165) is 23.6 Å². The van der Waals surface area contributed by atoms with Crippen LogP contribution in [0, 0.1) is 0 Å². The molecule has 0 heterocycles. The first-order chi connectivity index (χ1) is 12.5. The predicted molar refractivity (Wildman–Crippen MR) is 104 cm³/mol. The molecule has 0 aliphatic rings. The van der Waals surface area contributed by atoms with E-state index in [4.69, 9.17) is 20.5 Å². The van der Waals surface area contributed by atoms with E-state index >= 15 is 0 Å². The molecule has 136 valence electrons. The Labute approximate surface area is 158 Å². The number of fused-ring (bicyclic) bond motifs is 1. The highest BCUT2D eigenvalue weighted by molar-refractivity contribution is 7.87. The minimum absolute atomic E-state index is 0.00144. The van der Waals surface area contributed by atoms with Crippen LogP contribution in [0.4, 0.5) is 0 Å². The van der Waals surface area contributed by atoms with Gasteiger partial charge in [-0.3, -0.25) is 0 Å². The van der Waals surface area contributed by atoms with E-state index in [1.54, 1.807) is 12.1 Å². The molecule has 26 heavy (non-hydrogen) atoms. The molecule has 0 fully saturated rings. The van der Waals surface area contributed by atoms with Gasteiger partial charge in [0.05, 0.1) is 11.6 Å². The van der Waals surface area contributed by atoms with Crippen molar-refractivity contribution in [3.8, 4) is 11.5 Å². The molecule has 0 bridgehead atoms. The number of ether oxygens (including phenoxy) is 1. The maximum Gasteiger partial charge on any atom is 0.339 e. The number of halogens is 1. The van der Waals surface area contributed by atoms with E-state index < -0.39 is 10.1 Å². The summed E-state index contributed by atoms with van der Waals surface area (Å²) in [6.45, 7) is 2.52. The molecular formula is C20H19ClO4S. The van der Waals surface area contributed by atoms with Crippen LogP contribution >= 0.6 is 11.6 Å². The summed E-state index contributed by atoms with van der Waals surface area (Å²) < 4.78 is 36.1. The molecule has 0 radical (unpaired) electrons. The third-order valence-corrected chi connectivity index (χ3v) is 5.43. The van der Waals surface area contributed by atoms with E-state index in [0.29, 0.717) is 17.4 Å². The summed E-state index contributed by atoms with van der Waals surface area (Å²) >= 11 is 6.09. The second-order valence-corrected chi connectivity index (χ2v) is 7.79. The molecule has 6 heteroatoms. The van der Waals surface area contributed by atoms with Crippen molar-refractivity contribution in [2.24, 2.45) is 0 Å². The van der Waals surface area contributed by atoms with Crippen molar-refractivity contribution >= 4 is 32.5 Å². The van der Waals surface area contributed by atoms with Gasteiger partial charge in [0.2, 0.25) is 0 Å². The maximum absolute atomic E-state index is 12.6. The molecule has 3 aromatic carbocycles. The van der Waals surface area contributed by atoms with Gasteiger partial charge in [0.1, 0.15) is 16.4 Å². The summed E-state index contributed by atoms with van der Waals surface area (Å²) in [7, 11) is -3.99. The van der Waals surface area contributed by atoms with Crippen LogP contribution in [0.2, 0.25) is 5.02 Å². The SMILES string of the molecule is CCCCOc1cc(S(=O)(=O)Oc2ccc3ccccc3c2)ccc1Cl. The Kier molecular flexibility index (Phi) is 5.69. The molecule has 0 unspecified atom stereocenters. The smallest absolute Gasteiger partial charge is 0.339 e. The van der Waals surface area contributed by atoms with Crippen molar-refractivity contribution < 1.29 is 17.3 Å². The highest BCUT2D eigenvalue weighted by atomic mass is 35.5. The van der Waals surface area contributed by atoms with Gasteiger partial charge in [-0.05, 0) is 41.5 Å². The molecule has 0 aliphatic heterocycles. The van der Waals surface area contributed by atoms with Gasteiger partial charge in [-0.2, -0.15) is 8.42 Å². The summed E-state index contributed by atoms with van der Waals surface area (Å²) in [6.07, 6.45) is 1.83. The molecule has 3 rings (SSSR count). The third kappa shape index (κ3) is 4.29. The lowest BCUT2D eigenvalue weighted by Gasteiger charge is -2.11. The van der Waals surface area contributed by atoms with Crippen LogP contribution in [0.5, 0.6) is 11.5 Å². The Morgan fingerprint density at radius 1 is 0.962 bits per heavy atom. The first-order valence-corrected chi connectivity index (χ1v) is 10.1. The number of unbranched alkanes of at least 4 members (excludes halogenated alkanes) is 1. The molecule has 0 aliphatic carbocycles. The zero-order valence-corrected chi connectivity index (χ0v) is 15.9. The van der Waals surface area contributed by atoms with Gasteiger partial charge >= 0.3 is 10.1 Å². The minimum Gasteiger partial charge on any atom is -0.492 e. The van der Waals surface area contributed by atoms with Gasteiger partial charge in [0, 0.05) is 6.07 Å². The minimum atomic E-state index is -3.99. The lowest BCUT2D eigenvalue weighted by molar-refractivity contribution is 0.308. The quantitative estimate of drug-likeness (QED) is 0.398. The van der Waals surface area contributed by atoms with Crippen molar-refractivity contribution in [1.82, 2.24) is 0 Å². The average molecular weight is 391 g/mol. The molecule has 0 saturated carbocycles. The molecule has 0 spiro atoms. The molecule has 0 saturated heterocycles. The summed E-state index contributed by atoms with van der Waals surface area (Å²) in [5.41, 5.74) is 0. The highest BCUT2D eigenvalue weighted by Crippen LogP contribution is 2.30. The Morgan fingerprint density at radius 2 is 1.73 bits per heavy atom. The predicted octanol–water partition coefficient (Wildman–Crippen LogP) is 5.44. The molecule has 0 aromatic heterocycles. The van der Waals surface area contributed by atoms with Crippen LogP contribution in [-0.4, -0.2) is 15.0 Å². The lowest BCUT2D eigenvalue weighted by atomic mass is 10.1. The molecule has 4 nitrogen and oxygen atoms in total. The van der Waals surface area contributed by atoms with Crippen LogP contribution in [0.3, 0.4) is 0 Å². The first kappa shape index (κ1) is 18.5. The van der Waals surface area contributed by atoms with E-state index in [1.165, 1.54) is 18.2 Å². The average Bonchev–Trinajstić information content (AvgIpc) is 2.63. The Bertz CT molecular complexity index is 1020. The second kappa shape index (κ2) is 7.98. The fourth-order valence-corrected chi connectivity index (χ4v) is 3.58. The van der Waals surface area contributed by atoms with Crippen molar-refractivity contribution in [1.29, 1.82) is 0 Å². The molecular weight excluding hydrogens is 372 g/mol. The zero-order chi connectivity index (χ0) is 18.6. The summed E-state index contributed by atoms with van der Waals surface area (Å²) in [6, 6.07) is 17.1. The van der Waals surface area contributed by atoms with Crippen molar-refractivity contribution in [2.45, 2.75) is 24.7 Å². The Balaban J connectivity index is 1.85. The van der Waals surface area contributed by atoms with E-state index in [9.17, 15) is 8.42 Å². The normalized spacial score (nSPS) is 11.5. The van der Waals surface area contributed by atoms with E-state index in [2.05, 4.69) is 0 Å². The Morgan fingerprint density at radius 3 is 2.50 bits per heavy atom. The van der Waals surface area contributed by atoms with Crippen molar-refractivity contribution in [3.05, 3.63) is 65.7 Å². The van der Waals surface area contributed by atoms with Gasteiger partial charge < -0.3 is 8.92 Å². The number of benzene rings is 3. The van der Waals surface area contributed by atoms with E-state index in [1.807, 2.05) is 37.3 Å². The van der Waals surface area contributed by atoms with Gasteiger partial charge in [-0.1, -0.05) is 55.3 Å². The summed E-state index contributed by atoms with van der Waals surface area (Å²) in [5.74, 6) is 0.593.